The van der Waals surface area contributed by atoms with Crippen LogP contribution >= 0.6 is 0 Å². The molecule has 108 valence electrons. The van der Waals surface area contributed by atoms with Crippen LogP contribution in [0.5, 0.6) is 5.75 Å². The Labute approximate surface area is 121 Å². The van der Waals surface area contributed by atoms with E-state index in [9.17, 15) is 9.59 Å². The summed E-state index contributed by atoms with van der Waals surface area (Å²) >= 11 is 0. The summed E-state index contributed by atoms with van der Waals surface area (Å²) in [6.45, 7) is 0.439. The Hall–Kier alpha value is -2.78. The van der Waals surface area contributed by atoms with Crippen LogP contribution in [0.1, 0.15) is 11.1 Å². The molecule has 0 bridgehead atoms. The maximum Gasteiger partial charge on any atom is 0.265 e. The van der Waals surface area contributed by atoms with E-state index < -0.39 is 0 Å². The number of H-pyrrole nitrogens is 1. The van der Waals surface area contributed by atoms with Gasteiger partial charge in [-0.25, -0.2) is 4.68 Å². The van der Waals surface area contributed by atoms with E-state index in [4.69, 9.17) is 10.5 Å². The lowest BCUT2D eigenvalue weighted by Gasteiger charge is -2.09. The largest absolute Gasteiger partial charge is 0.497 e. The highest BCUT2D eigenvalue weighted by molar-refractivity contribution is 5.45. The van der Waals surface area contributed by atoms with Crippen LogP contribution in [0.15, 0.2) is 39.9 Å². The molecule has 0 atom stereocenters. The van der Waals surface area contributed by atoms with E-state index in [1.54, 1.807) is 25.3 Å². The van der Waals surface area contributed by atoms with Gasteiger partial charge in [-0.3, -0.25) is 14.7 Å². The van der Waals surface area contributed by atoms with Gasteiger partial charge >= 0.3 is 0 Å². The molecule has 1 aromatic heterocycles. The highest BCUT2D eigenvalue weighted by Gasteiger charge is 2.05. The summed E-state index contributed by atoms with van der Waals surface area (Å²) < 4.78 is 6.40. The van der Waals surface area contributed by atoms with Crippen LogP contribution < -0.4 is 21.6 Å². The van der Waals surface area contributed by atoms with Crippen molar-refractivity contribution in [3.05, 3.63) is 62.2 Å². The Morgan fingerprint density at radius 2 is 2.10 bits per heavy atom. The molecule has 3 N–H and O–H groups in total. The van der Waals surface area contributed by atoms with Crippen LogP contribution in [0, 0.1) is 11.8 Å². The number of nitrogens with one attached hydrogen (secondary N) is 1. The molecule has 0 aliphatic rings. The molecule has 0 aliphatic carbocycles. The number of rotatable bonds is 3. The van der Waals surface area contributed by atoms with Crippen molar-refractivity contribution in [1.82, 2.24) is 9.78 Å². The van der Waals surface area contributed by atoms with E-state index in [-0.39, 0.29) is 24.2 Å². The van der Waals surface area contributed by atoms with E-state index >= 15 is 0 Å². The lowest BCUT2D eigenvalue weighted by Crippen LogP contribution is -2.28. The number of nitrogens with two attached hydrogens (primary N) is 1. The summed E-state index contributed by atoms with van der Waals surface area (Å²) in [6, 6.07) is 7.77. The van der Waals surface area contributed by atoms with Gasteiger partial charge in [-0.2, -0.15) is 0 Å². The van der Waals surface area contributed by atoms with Crippen molar-refractivity contribution in [2.75, 3.05) is 13.7 Å². The van der Waals surface area contributed by atoms with Crippen molar-refractivity contribution in [1.29, 1.82) is 0 Å². The Kier molecular flexibility index (Phi) is 4.59. The van der Waals surface area contributed by atoms with Crippen molar-refractivity contribution >= 4 is 0 Å². The molecule has 0 aliphatic heterocycles. The van der Waals surface area contributed by atoms with Gasteiger partial charge in [0.15, 0.2) is 0 Å². The molecule has 1 aromatic carbocycles. The lowest BCUT2D eigenvalue weighted by molar-refractivity contribution is 0.414. The fourth-order valence-electron chi connectivity index (χ4n) is 1.85. The molecule has 0 unspecified atom stereocenters. The van der Waals surface area contributed by atoms with Crippen molar-refractivity contribution in [2.24, 2.45) is 5.73 Å². The molecule has 0 amide bonds. The number of benzene rings is 1. The molecule has 0 saturated heterocycles. The van der Waals surface area contributed by atoms with E-state index in [1.807, 2.05) is 0 Å². The number of hydrogen-bond acceptors (Lipinski definition) is 4. The minimum Gasteiger partial charge on any atom is -0.497 e. The lowest BCUT2D eigenvalue weighted by atomic mass is 10.1. The van der Waals surface area contributed by atoms with Gasteiger partial charge < -0.3 is 10.5 Å². The highest BCUT2D eigenvalue weighted by atomic mass is 16.5. The summed E-state index contributed by atoms with van der Waals surface area (Å²) in [6.07, 6.45) is 0. The zero-order valence-corrected chi connectivity index (χ0v) is 11.6. The predicted molar refractivity (Wildman–Crippen MR) is 79.4 cm³/mol. The Morgan fingerprint density at radius 1 is 1.29 bits per heavy atom. The number of methoxy groups -OCH3 is 1. The van der Waals surface area contributed by atoms with Gasteiger partial charge in [-0.05, 0) is 23.8 Å². The number of hydrogen-bond donors (Lipinski definition) is 2. The van der Waals surface area contributed by atoms with Crippen molar-refractivity contribution in [2.45, 2.75) is 6.54 Å². The predicted octanol–water partition coefficient (Wildman–Crippen LogP) is -0.0963. The molecular weight excluding hydrogens is 270 g/mol. The van der Waals surface area contributed by atoms with Crippen LogP contribution in [0.3, 0.4) is 0 Å². The van der Waals surface area contributed by atoms with Crippen LogP contribution in [-0.2, 0) is 6.54 Å². The third kappa shape index (κ3) is 3.61. The number of aromatic nitrogens is 2. The Bertz CT molecular complexity index is 809. The van der Waals surface area contributed by atoms with Gasteiger partial charge in [0.05, 0.1) is 20.2 Å². The van der Waals surface area contributed by atoms with Crippen LogP contribution in [-0.4, -0.2) is 23.4 Å². The average Bonchev–Trinajstić information content (AvgIpc) is 2.49. The first-order valence-electron chi connectivity index (χ1n) is 6.30. The average molecular weight is 285 g/mol. The third-order valence-corrected chi connectivity index (χ3v) is 2.85. The Balaban J connectivity index is 2.48. The molecule has 0 fully saturated rings. The minimum absolute atomic E-state index is 0.195. The van der Waals surface area contributed by atoms with Crippen LogP contribution in [0.4, 0.5) is 0 Å². The summed E-state index contributed by atoms with van der Waals surface area (Å²) in [4.78, 5) is 23.1. The maximum absolute atomic E-state index is 11.8. The summed E-state index contributed by atoms with van der Waals surface area (Å²) in [5, 5.41) is 2.48. The molecule has 6 heteroatoms. The summed E-state index contributed by atoms with van der Waals surface area (Å²) in [7, 11) is 1.56. The quantitative estimate of drug-likeness (QED) is 0.771. The Morgan fingerprint density at radius 3 is 2.81 bits per heavy atom. The van der Waals surface area contributed by atoms with Gasteiger partial charge in [-0.1, -0.05) is 11.8 Å². The van der Waals surface area contributed by atoms with Crippen LogP contribution in [0.2, 0.25) is 0 Å². The molecular formula is C15H15N3O3. The van der Waals surface area contributed by atoms with Crippen LogP contribution in [0.25, 0.3) is 0 Å². The van der Waals surface area contributed by atoms with E-state index in [1.165, 1.54) is 16.8 Å². The van der Waals surface area contributed by atoms with Crippen molar-refractivity contribution in [3.63, 3.8) is 0 Å². The maximum atomic E-state index is 11.8. The molecule has 0 spiro atoms. The molecule has 6 nitrogen and oxygen atoms in total. The molecule has 2 rings (SSSR count). The number of nitrogens with zero attached hydrogens (tertiary/aromatic N) is 1. The van der Waals surface area contributed by atoms with Crippen molar-refractivity contribution < 1.29 is 4.74 Å². The normalized spacial score (nSPS) is 9.81. The van der Waals surface area contributed by atoms with Gasteiger partial charge in [0.25, 0.3) is 11.1 Å². The molecule has 0 radical (unpaired) electrons. The topological polar surface area (TPSA) is 90.1 Å². The minimum atomic E-state index is -0.341. The second-order valence-corrected chi connectivity index (χ2v) is 4.26. The van der Waals surface area contributed by atoms with Gasteiger partial charge in [-0.15, -0.1) is 0 Å². The molecule has 1 heterocycles. The monoisotopic (exact) mass is 285 g/mol. The first-order chi connectivity index (χ1) is 10.1. The van der Waals surface area contributed by atoms with E-state index in [0.717, 1.165) is 11.1 Å². The highest BCUT2D eigenvalue weighted by Crippen LogP contribution is 2.17. The molecule has 0 saturated carbocycles. The standard InChI is InChI=1S/C15H15N3O3/c1-21-13-5-4-11(3-2-8-16)12(9-13)10-18-15(20)7-6-14(19)17-18/h4-7,9H,8,10,16H2,1H3,(H,17,19). The fraction of sp³-hybridized carbons (Fsp3) is 0.200. The van der Waals surface area contributed by atoms with E-state index in [0.29, 0.717) is 5.75 Å². The fourth-order valence-corrected chi connectivity index (χ4v) is 1.85. The summed E-state index contributed by atoms with van der Waals surface area (Å²) in [5.41, 5.74) is 6.24. The van der Waals surface area contributed by atoms with Gasteiger partial charge in [0.2, 0.25) is 0 Å². The first-order valence-corrected chi connectivity index (χ1v) is 6.30. The number of aromatic amines is 1. The molecule has 21 heavy (non-hydrogen) atoms. The zero-order valence-electron chi connectivity index (χ0n) is 11.6. The first kappa shape index (κ1) is 14.6. The second kappa shape index (κ2) is 6.59. The smallest absolute Gasteiger partial charge is 0.265 e. The molecule has 2 aromatic rings. The third-order valence-electron chi connectivity index (χ3n) is 2.85. The number of ether oxygens (including phenoxy) is 1. The van der Waals surface area contributed by atoms with Gasteiger partial charge in [0, 0.05) is 17.7 Å². The van der Waals surface area contributed by atoms with Crippen molar-refractivity contribution in [3.8, 4) is 17.6 Å². The second-order valence-electron chi connectivity index (χ2n) is 4.26. The van der Waals surface area contributed by atoms with E-state index in [2.05, 4.69) is 16.9 Å². The summed E-state index contributed by atoms with van der Waals surface area (Å²) in [5.74, 6) is 6.36. The SMILES string of the molecule is COc1ccc(C#CCN)c(Cn2[nH]c(=O)ccc2=O)c1. The van der Waals surface area contributed by atoms with Gasteiger partial charge in [0.1, 0.15) is 5.75 Å². The zero-order chi connectivity index (χ0) is 15.2.